The van der Waals surface area contributed by atoms with Crippen molar-refractivity contribution in [1.82, 2.24) is 9.97 Å². The number of rotatable bonds is 6. The van der Waals surface area contributed by atoms with Gasteiger partial charge in [0.25, 0.3) is 15.9 Å². The zero-order valence-corrected chi connectivity index (χ0v) is 17.3. The molecule has 0 bridgehead atoms. The third-order valence-electron chi connectivity index (χ3n) is 4.55. The lowest BCUT2D eigenvalue weighted by Crippen LogP contribution is -2.15. The highest BCUT2D eigenvalue weighted by molar-refractivity contribution is 7.92. The van der Waals surface area contributed by atoms with Gasteiger partial charge in [-0.2, -0.15) is 0 Å². The molecule has 1 aromatic heterocycles. The molecule has 0 aliphatic carbocycles. The Labute approximate surface area is 179 Å². The first-order chi connectivity index (χ1) is 15.0. The van der Waals surface area contributed by atoms with Crippen molar-refractivity contribution in [3.8, 4) is 5.88 Å². The number of carbonyl (C=O) groups excluding carboxylic acids is 1. The first-order valence-corrected chi connectivity index (χ1v) is 10.7. The molecule has 1 heterocycles. The molecule has 4 aromatic rings. The maximum absolute atomic E-state index is 12.7. The number of anilines is 2. The summed E-state index contributed by atoms with van der Waals surface area (Å²) in [5.74, 6) is 0.0398. The molecule has 3 aromatic carbocycles. The van der Waals surface area contributed by atoms with Gasteiger partial charge in [0.05, 0.1) is 12.0 Å². The van der Waals surface area contributed by atoms with E-state index in [1.165, 1.54) is 43.8 Å². The molecule has 9 heteroatoms. The summed E-state index contributed by atoms with van der Waals surface area (Å²) in [4.78, 5) is 20.5. The number of aromatic nitrogens is 2. The zero-order valence-electron chi connectivity index (χ0n) is 16.4. The number of ether oxygens (including phenoxy) is 1. The van der Waals surface area contributed by atoms with Gasteiger partial charge in [0.1, 0.15) is 12.1 Å². The van der Waals surface area contributed by atoms with E-state index in [1.807, 2.05) is 36.4 Å². The van der Waals surface area contributed by atoms with Crippen LogP contribution in [-0.2, 0) is 10.0 Å². The van der Waals surface area contributed by atoms with Crippen LogP contribution in [0.5, 0.6) is 5.88 Å². The van der Waals surface area contributed by atoms with Gasteiger partial charge in [0.15, 0.2) is 0 Å². The fraction of sp³-hybridized carbons (Fsp3) is 0.0455. The van der Waals surface area contributed by atoms with E-state index in [0.717, 1.165) is 10.8 Å². The molecule has 2 N–H and O–H groups in total. The van der Waals surface area contributed by atoms with Crippen molar-refractivity contribution in [2.24, 2.45) is 0 Å². The van der Waals surface area contributed by atoms with Gasteiger partial charge in [-0.1, -0.05) is 36.4 Å². The number of nitrogens with one attached hydrogen (secondary N) is 2. The number of amides is 1. The molecule has 31 heavy (non-hydrogen) atoms. The minimum absolute atomic E-state index is 0.0215. The van der Waals surface area contributed by atoms with E-state index in [0.29, 0.717) is 11.3 Å². The summed E-state index contributed by atoms with van der Waals surface area (Å²) < 4.78 is 32.5. The fourth-order valence-electron chi connectivity index (χ4n) is 3.04. The van der Waals surface area contributed by atoms with Crippen LogP contribution in [0.1, 0.15) is 10.4 Å². The number of nitrogens with zero attached hydrogens (tertiary/aromatic N) is 2. The van der Waals surface area contributed by atoms with Gasteiger partial charge >= 0.3 is 0 Å². The summed E-state index contributed by atoms with van der Waals surface area (Å²) in [7, 11) is -2.45. The number of sulfonamides is 1. The van der Waals surface area contributed by atoms with E-state index in [1.54, 1.807) is 6.07 Å². The SMILES string of the molecule is COc1cc(NS(=O)(=O)c2ccc(NC(=O)c3cccc4ccccc34)cc2)ncn1. The second-order valence-electron chi connectivity index (χ2n) is 6.56. The molecule has 0 radical (unpaired) electrons. The lowest BCUT2D eigenvalue weighted by atomic mass is 10.0. The molecule has 0 spiro atoms. The Hall–Kier alpha value is -3.98. The fourth-order valence-corrected chi connectivity index (χ4v) is 4.04. The molecule has 0 saturated carbocycles. The number of benzene rings is 3. The van der Waals surface area contributed by atoms with Gasteiger partial charge in [0, 0.05) is 17.3 Å². The van der Waals surface area contributed by atoms with Crippen LogP contribution in [0.25, 0.3) is 10.8 Å². The monoisotopic (exact) mass is 434 g/mol. The second kappa shape index (κ2) is 8.41. The average Bonchev–Trinajstić information content (AvgIpc) is 2.79. The van der Waals surface area contributed by atoms with Crippen molar-refractivity contribution in [2.75, 3.05) is 17.1 Å². The number of fused-ring (bicyclic) bond motifs is 1. The van der Waals surface area contributed by atoms with E-state index in [-0.39, 0.29) is 22.5 Å². The Kier molecular flexibility index (Phi) is 5.50. The van der Waals surface area contributed by atoms with Crippen LogP contribution in [0, 0.1) is 0 Å². The minimum atomic E-state index is -3.87. The molecule has 0 aliphatic rings. The van der Waals surface area contributed by atoms with Gasteiger partial charge in [0.2, 0.25) is 5.88 Å². The highest BCUT2D eigenvalue weighted by atomic mass is 32.2. The first kappa shape index (κ1) is 20.3. The van der Waals surface area contributed by atoms with Crippen molar-refractivity contribution >= 4 is 38.2 Å². The summed E-state index contributed by atoms with van der Waals surface area (Å²) in [5.41, 5.74) is 1.01. The molecule has 0 aliphatic heterocycles. The maximum Gasteiger partial charge on any atom is 0.263 e. The van der Waals surface area contributed by atoms with Gasteiger partial charge in [-0.15, -0.1) is 0 Å². The lowest BCUT2D eigenvalue weighted by molar-refractivity contribution is 0.102. The summed E-state index contributed by atoms with van der Waals surface area (Å²) >= 11 is 0. The maximum atomic E-state index is 12.7. The summed E-state index contributed by atoms with van der Waals surface area (Å²) in [6.45, 7) is 0. The Balaban J connectivity index is 1.51. The smallest absolute Gasteiger partial charge is 0.263 e. The number of methoxy groups -OCH3 is 1. The van der Waals surface area contributed by atoms with Crippen LogP contribution in [0.15, 0.2) is 84.0 Å². The Morgan fingerprint density at radius 3 is 2.45 bits per heavy atom. The third kappa shape index (κ3) is 4.46. The zero-order chi connectivity index (χ0) is 21.8. The number of hydrogen-bond donors (Lipinski definition) is 2. The van der Waals surface area contributed by atoms with Gasteiger partial charge < -0.3 is 10.1 Å². The summed E-state index contributed by atoms with van der Waals surface area (Å²) in [6, 6.07) is 20.3. The lowest BCUT2D eigenvalue weighted by Gasteiger charge is -2.10. The van der Waals surface area contributed by atoms with Crippen molar-refractivity contribution in [1.29, 1.82) is 0 Å². The quantitative estimate of drug-likeness (QED) is 0.479. The summed E-state index contributed by atoms with van der Waals surface area (Å²) in [5, 5.41) is 4.60. The highest BCUT2D eigenvalue weighted by Gasteiger charge is 2.16. The van der Waals surface area contributed by atoms with E-state index >= 15 is 0 Å². The van der Waals surface area contributed by atoms with Crippen molar-refractivity contribution in [3.05, 3.63) is 84.7 Å². The van der Waals surface area contributed by atoms with E-state index in [9.17, 15) is 13.2 Å². The van der Waals surface area contributed by atoms with Gasteiger partial charge in [-0.05, 0) is 41.1 Å². The summed E-state index contributed by atoms with van der Waals surface area (Å²) in [6.07, 6.45) is 1.20. The van der Waals surface area contributed by atoms with Gasteiger partial charge in [-0.3, -0.25) is 9.52 Å². The molecule has 156 valence electrons. The Morgan fingerprint density at radius 2 is 1.68 bits per heavy atom. The molecular formula is C22H18N4O4S. The van der Waals surface area contributed by atoms with Crippen LogP contribution in [0.3, 0.4) is 0 Å². The average molecular weight is 434 g/mol. The molecule has 0 fully saturated rings. The molecule has 0 unspecified atom stereocenters. The van der Waals surface area contributed by atoms with Crippen LogP contribution >= 0.6 is 0 Å². The van der Waals surface area contributed by atoms with Gasteiger partial charge in [-0.25, -0.2) is 18.4 Å². The van der Waals surface area contributed by atoms with Crippen LogP contribution in [0.2, 0.25) is 0 Å². The van der Waals surface area contributed by atoms with Crippen LogP contribution < -0.4 is 14.8 Å². The van der Waals surface area contributed by atoms with Crippen molar-refractivity contribution in [2.45, 2.75) is 4.90 Å². The largest absolute Gasteiger partial charge is 0.481 e. The third-order valence-corrected chi connectivity index (χ3v) is 5.92. The van der Waals surface area contributed by atoms with Crippen LogP contribution in [-0.4, -0.2) is 31.4 Å². The topological polar surface area (TPSA) is 110 Å². The van der Waals surface area contributed by atoms with Crippen LogP contribution in [0.4, 0.5) is 11.5 Å². The van der Waals surface area contributed by atoms with Crippen molar-refractivity contribution < 1.29 is 17.9 Å². The molecule has 0 saturated heterocycles. The predicted octanol–water partition coefficient (Wildman–Crippen LogP) is 3.69. The molecule has 0 atom stereocenters. The molecule has 8 nitrogen and oxygen atoms in total. The molecule has 4 rings (SSSR count). The normalized spacial score (nSPS) is 11.1. The number of carbonyl (C=O) groups is 1. The van der Waals surface area contributed by atoms with E-state index < -0.39 is 10.0 Å². The predicted molar refractivity (Wildman–Crippen MR) is 118 cm³/mol. The number of hydrogen-bond acceptors (Lipinski definition) is 6. The Bertz CT molecular complexity index is 1350. The van der Waals surface area contributed by atoms with E-state index in [4.69, 9.17) is 4.74 Å². The minimum Gasteiger partial charge on any atom is -0.481 e. The molecule has 1 amide bonds. The van der Waals surface area contributed by atoms with E-state index in [2.05, 4.69) is 20.0 Å². The standard InChI is InChI=1S/C22H18N4O4S/c1-30-21-13-20(23-14-24-21)26-31(28,29)17-11-9-16(10-12-17)25-22(27)19-8-4-6-15-5-2-3-7-18(15)19/h2-14H,1H3,(H,25,27)(H,23,24,26). The second-order valence-corrected chi connectivity index (χ2v) is 8.24. The highest BCUT2D eigenvalue weighted by Crippen LogP contribution is 2.22. The Morgan fingerprint density at radius 1 is 0.935 bits per heavy atom. The van der Waals surface area contributed by atoms with Crippen molar-refractivity contribution in [3.63, 3.8) is 0 Å². The first-order valence-electron chi connectivity index (χ1n) is 9.24. The molecular weight excluding hydrogens is 416 g/mol.